The first-order valence-corrected chi connectivity index (χ1v) is 8.47. The molecule has 3 nitrogen and oxygen atoms in total. The van der Waals surface area contributed by atoms with Crippen molar-refractivity contribution in [1.82, 2.24) is 0 Å². The van der Waals surface area contributed by atoms with Gasteiger partial charge in [0.05, 0.1) is 10.6 Å². The Balaban J connectivity index is 2.09. The van der Waals surface area contributed by atoms with Gasteiger partial charge in [0, 0.05) is 7.05 Å². The molecule has 0 aromatic heterocycles. The molecule has 3 rings (SSSR count). The molecule has 4 heteroatoms. The van der Waals surface area contributed by atoms with Crippen LogP contribution in [0.15, 0.2) is 71.6 Å². The number of fused-ring (bicyclic) bond motifs is 1. The lowest BCUT2D eigenvalue weighted by Gasteiger charge is -2.21. The van der Waals surface area contributed by atoms with E-state index in [-0.39, 0.29) is 0 Å². The smallest absolute Gasteiger partial charge is 0.264 e. The molecule has 0 heterocycles. The number of sulfonamides is 1. The minimum atomic E-state index is -3.57. The highest BCUT2D eigenvalue weighted by Gasteiger charge is 2.22. The highest BCUT2D eigenvalue weighted by atomic mass is 32.2. The summed E-state index contributed by atoms with van der Waals surface area (Å²) in [6.45, 7) is 1.90. The van der Waals surface area contributed by atoms with E-state index in [1.807, 2.05) is 61.5 Å². The first kappa shape index (κ1) is 14.6. The van der Waals surface area contributed by atoms with E-state index in [1.165, 1.54) is 4.31 Å². The molecule has 3 aromatic rings. The number of rotatable bonds is 3. The maximum Gasteiger partial charge on any atom is 0.264 e. The number of para-hydroxylation sites is 1. The van der Waals surface area contributed by atoms with Crippen LogP contribution in [-0.2, 0) is 10.0 Å². The SMILES string of the molecule is Cc1ccccc1N(C)S(=O)(=O)c1ccc2ccccc2c1. The largest absolute Gasteiger partial charge is 0.269 e. The van der Waals surface area contributed by atoms with Gasteiger partial charge >= 0.3 is 0 Å². The fraction of sp³-hybridized carbons (Fsp3) is 0.111. The van der Waals surface area contributed by atoms with Gasteiger partial charge in [-0.2, -0.15) is 0 Å². The number of anilines is 1. The second-order valence-corrected chi connectivity index (χ2v) is 7.24. The lowest BCUT2D eigenvalue weighted by molar-refractivity contribution is 0.594. The van der Waals surface area contributed by atoms with Crippen molar-refractivity contribution in [2.45, 2.75) is 11.8 Å². The van der Waals surface area contributed by atoms with E-state index in [0.717, 1.165) is 16.3 Å². The van der Waals surface area contributed by atoms with E-state index in [2.05, 4.69) is 0 Å². The van der Waals surface area contributed by atoms with E-state index in [9.17, 15) is 8.42 Å². The van der Waals surface area contributed by atoms with Crippen molar-refractivity contribution in [2.24, 2.45) is 0 Å². The number of benzene rings is 3. The van der Waals surface area contributed by atoms with Gasteiger partial charge in [-0.25, -0.2) is 8.42 Å². The highest BCUT2D eigenvalue weighted by molar-refractivity contribution is 7.92. The molecule has 0 N–H and O–H groups in total. The summed E-state index contributed by atoms with van der Waals surface area (Å²) in [6, 6.07) is 20.4. The number of hydrogen-bond acceptors (Lipinski definition) is 2. The third kappa shape index (κ3) is 2.46. The van der Waals surface area contributed by atoms with Gasteiger partial charge < -0.3 is 0 Å². The van der Waals surface area contributed by atoms with Crippen LogP contribution in [0.1, 0.15) is 5.56 Å². The van der Waals surface area contributed by atoms with Crippen molar-refractivity contribution < 1.29 is 8.42 Å². The average Bonchev–Trinajstić information content (AvgIpc) is 2.54. The molecule has 112 valence electrons. The molecule has 0 aliphatic heterocycles. The van der Waals surface area contributed by atoms with E-state index in [4.69, 9.17) is 0 Å². The lowest BCUT2D eigenvalue weighted by atomic mass is 10.1. The van der Waals surface area contributed by atoms with E-state index >= 15 is 0 Å². The van der Waals surface area contributed by atoms with Crippen LogP contribution in [0.2, 0.25) is 0 Å². The maximum atomic E-state index is 12.9. The van der Waals surface area contributed by atoms with Crippen molar-refractivity contribution in [3.63, 3.8) is 0 Å². The Bertz CT molecular complexity index is 932. The second kappa shape index (κ2) is 5.46. The molecule has 0 saturated heterocycles. The summed E-state index contributed by atoms with van der Waals surface area (Å²) in [4.78, 5) is 0.303. The van der Waals surface area contributed by atoms with Crippen LogP contribution in [0.4, 0.5) is 5.69 Å². The quantitative estimate of drug-likeness (QED) is 0.734. The summed E-state index contributed by atoms with van der Waals surface area (Å²) in [6.07, 6.45) is 0. The average molecular weight is 311 g/mol. The Morgan fingerprint density at radius 3 is 2.18 bits per heavy atom. The van der Waals surface area contributed by atoms with Gasteiger partial charge in [0.15, 0.2) is 0 Å². The van der Waals surface area contributed by atoms with Crippen LogP contribution in [-0.4, -0.2) is 15.5 Å². The Labute approximate surface area is 130 Å². The molecule has 0 saturated carbocycles. The van der Waals surface area contributed by atoms with Gasteiger partial charge in [-0.05, 0) is 41.5 Å². The zero-order chi connectivity index (χ0) is 15.7. The summed E-state index contributed by atoms with van der Waals surface area (Å²) in [7, 11) is -1.98. The molecule has 0 amide bonds. The molecule has 0 bridgehead atoms. The fourth-order valence-corrected chi connectivity index (χ4v) is 3.83. The molecule has 0 atom stereocenters. The Morgan fingerprint density at radius 1 is 0.818 bits per heavy atom. The highest BCUT2D eigenvalue weighted by Crippen LogP contribution is 2.26. The molecular formula is C18H17NO2S. The predicted octanol–water partition coefficient (Wildman–Crippen LogP) is 3.97. The van der Waals surface area contributed by atoms with Crippen LogP contribution in [0.5, 0.6) is 0 Å². The predicted molar refractivity (Wildman–Crippen MR) is 90.7 cm³/mol. The van der Waals surface area contributed by atoms with Gasteiger partial charge in [-0.3, -0.25) is 4.31 Å². The van der Waals surface area contributed by atoms with Gasteiger partial charge in [0.2, 0.25) is 0 Å². The van der Waals surface area contributed by atoms with Crippen molar-refractivity contribution in [2.75, 3.05) is 11.4 Å². The zero-order valence-electron chi connectivity index (χ0n) is 12.5. The monoisotopic (exact) mass is 311 g/mol. The van der Waals surface area contributed by atoms with Gasteiger partial charge in [-0.15, -0.1) is 0 Å². The molecular weight excluding hydrogens is 294 g/mol. The van der Waals surface area contributed by atoms with E-state index in [1.54, 1.807) is 19.2 Å². The van der Waals surface area contributed by atoms with Crippen molar-refractivity contribution in [3.05, 3.63) is 72.3 Å². The summed E-state index contributed by atoms with van der Waals surface area (Å²) in [5.41, 5.74) is 1.62. The van der Waals surface area contributed by atoms with Crippen LogP contribution in [0, 0.1) is 6.92 Å². The Hall–Kier alpha value is -2.33. The number of aryl methyl sites for hydroxylation is 1. The summed E-state index contributed by atoms with van der Waals surface area (Å²) in [5, 5.41) is 1.95. The van der Waals surface area contributed by atoms with Crippen LogP contribution in [0.25, 0.3) is 10.8 Å². The molecule has 0 fully saturated rings. The fourth-order valence-electron chi connectivity index (χ4n) is 2.53. The molecule has 0 radical (unpaired) electrons. The van der Waals surface area contributed by atoms with Crippen molar-refractivity contribution in [3.8, 4) is 0 Å². The van der Waals surface area contributed by atoms with Gasteiger partial charge in [0.1, 0.15) is 0 Å². The Morgan fingerprint density at radius 2 is 1.45 bits per heavy atom. The lowest BCUT2D eigenvalue weighted by Crippen LogP contribution is -2.27. The zero-order valence-corrected chi connectivity index (χ0v) is 13.3. The molecule has 0 aliphatic carbocycles. The van der Waals surface area contributed by atoms with Gasteiger partial charge in [0.25, 0.3) is 10.0 Å². The molecule has 0 unspecified atom stereocenters. The first-order chi connectivity index (χ1) is 10.5. The third-order valence-electron chi connectivity index (χ3n) is 3.83. The minimum Gasteiger partial charge on any atom is -0.269 e. The number of nitrogens with zero attached hydrogens (tertiary/aromatic N) is 1. The normalized spacial score (nSPS) is 11.5. The first-order valence-electron chi connectivity index (χ1n) is 7.03. The summed E-state index contributed by atoms with van der Waals surface area (Å²) in [5.74, 6) is 0. The molecule has 0 aliphatic rings. The summed E-state index contributed by atoms with van der Waals surface area (Å²) >= 11 is 0. The second-order valence-electron chi connectivity index (χ2n) is 5.27. The van der Waals surface area contributed by atoms with Crippen LogP contribution >= 0.6 is 0 Å². The Kier molecular flexibility index (Phi) is 3.62. The topological polar surface area (TPSA) is 37.4 Å². The van der Waals surface area contributed by atoms with Gasteiger partial charge in [-0.1, -0.05) is 48.5 Å². The number of hydrogen-bond donors (Lipinski definition) is 0. The minimum absolute atomic E-state index is 0.303. The molecule has 22 heavy (non-hydrogen) atoms. The maximum absolute atomic E-state index is 12.9. The summed E-state index contributed by atoms with van der Waals surface area (Å²) < 4.78 is 27.0. The van der Waals surface area contributed by atoms with Crippen LogP contribution in [0.3, 0.4) is 0 Å². The van der Waals surface area contributed by atoms with Crippen LogP contribution < -0.4 is 4.31 Å². The third-order valence-corrected chi connectivity index (χ3v) is 5.60. The standard InChI is InChI=1S/C18H17NO2S/c1-14-7-3-6-10-18(14)19(2)22(20,21)17-12-11-15-8-4-5-9-16(15)13-17/h3-13H,1-2H3. The van der Waals surface area contributed by atoms with Crippen molar-refractivity contribution >= 4 is 26.5 Å². The van der Waals surface area contributed by atoms with E-state index < -0.39 is 10.0 Å². The molecule has 0 spiro atoms. The molecule has 3 aromatic carbocycles. The van der Waals surface area contributed by atoms with Crippen molar-refractivity contribution in [1.29, 1.82) is 0 Å². The van der Waals surface area contributed by atoms with E-state index in [0.29, 0.717) is 10.6 Å².